The standard InChI is InChI=1S/C29H21NO2/c31-28-24-15-9-10-16(13-15)25(24)29(32)30(28)17-11-12-22-23(14-17)27-20-7-3-1-5-18(20)26(22)19-6-2-4-8-21(19)27/h1-12,14-16,24-27H,13H2/t15-,16+,24+,25-,26?,27?. The minimum Gasteiger partial charge on any atom is -0.274 e. The molecule has 0 radical (unpaired) electrons. The molecule has 3 heteroatoms. The molecule has 1 saturated carbocycles. The van der Waals surface area contributed by atoms with Crippen LogP contribution in [0.15, 0.2) is 78.9 Å². The molecular weight excluding hydrogens is 394 g/mol. The molecule has 1 aliphatic heterocycles. The predicted octanol–water partition coefficient (Wildman–Crippen LogP) is 4.99. The number of hydrogen-bond donors (Lipinski definition) is 0. The van der Waals surface area contributed by atoms with Gasteiger partial charge < -0.3 is 0 Å². The van der Waals surface area contributed by atoms with E-state index in [0.29, 0.717) is 0 Å². The molecule has 32 heavy (non-hydrogen) atoms. The number of allylic oxidation sites excluding steroid dienone is 2. The van der Waals surface area contributed by atoms with Crippen LogP contribution in [-0.2, 0) is 9.59 Å². The highest BCUT2D eigenvalue weighted by atomic mass is 16.2. The summed E-state index contributed by atoms with van der Waals surface area (Å²) in [6.45, 7) is 0. The smallest absolute Gasteiger partial charge is 0.238 e. The average Bonchev–Trinajstić information content (AvgIpc) is 3.52. The maximum atomic E-state index is 13.4. The molecule has 2 amide bonds. The molecule has 2 fully saturated rings. The van der Waals surface area contributed by atoms with E-state index in [2.05, 4.69) is 72.8 Å². The number of imide groups is 1. The van der Waals surface area contributed by atoms with Gasteiger partial charge in [-0.3, -0.25) is 14.5 Å². The van der Waals surface area contributed by atoms with Crippen molar-refractivity contribution in [3.8, 4) is 0 Å². The zero-order valence-corrected chi connectivity index (χ0v) is 17.4. The van der Waals surface area contributed by atoms with Gasteiger partial charge in [0.2, 0.25) is 11.8 Å². The monoisotopic (exact) mass is 415 g/mol. The number of carbonyl (C=O) groups is 2. The molecule has 1 heterocycles. The molecule has 3 aromatic carbocycles. The number of hydrogen-bond acceptors (Lipinski definition) is 2. The molecule has 0 N–H and O–H groups in total. The van der Waals surface area contributed by atoms with E-state index in [0.717, 1.165) is 12.1 Å². The third-order valence-corrected chi connectivity index (χ3v) is 8.66. The van der Waals surface area contributed by atoms with E-state index in [1.807, 2.05) is 6.07 Å². The summed E-state index contributed by atoms with van der Waals surface area (Å²) < 4.78 is 0. The van der Waals surface area contributed by atoms with Crippen LogP contribution in [0.2, 0.25) is 0 Å². The highest BCUT2D eigenvalue weighted by Gasteiger charge is 2.59. The van der Waals surface area contributed by atoms with Crippen LogP contribution in [-0.4, -0.2) is 11.8 Å². The fourth-order valence-electron chi connectivity index (χ4n) is 7.45. The third kappa shape index (κ3) is 1.86. The molecule has 1 saturated heterocycles. The van der Waals surface area contributed by atoms with Gasteiger partial charge >= 0.3 is 0 Å². The number of rotatable bonds is 1. The van der Waals surface area contributed by atoms with Crippen LogP contribution in [0.1, 0.15) is 51.6 Å². The summed E-state index contributed by atoms with van der Waals surface area (Å²) in [5, 5.41) is 0. The van der Waals surface area contributed by atoms with Crippen molar-refractivity contribution in [1.29, 1.82) is 0 Å². The number of nitrogens with zero attached hydrogens (tertiary/aromatic N) is 1. The van der Waals surface area contributed by atoms with Gasteiger partial charge in [0, 0.05) is 11.8 Å². The second-order valence-electron chi connectivity index (χ2n) is 9.95. The van der Waals surface area contributed by atoms with Gasteiger partial charge in [-0.25, -0.2) is 0 Å². The Labute approximate surface area is 186 Å². The Morgan fingerprint density at radius 1 is 0.594 bits per heavy atom. The van der Waals surface area contributed by atoms with Gasteiger partial charge in [-0.1, -0.05) is 66.7 Å². The van der Waals surface area contributed by atoms with Gasteiger partial charge in [-0.15, -0.1) is 0 Å². The molecular formula is C29H21NO2. The number of carbonyl (C=O) groups excluding carboxylic acids is 2. The minimum atomic E-state index is -0.161. The average molecular weight is 415 g/mol. The third-order valence-electron chi connectivity index (χ3n) is 8.66. The van der Waals surface area contributed by atoms with Gasteiger partial charge in [0.15, 0.2) is 0 Å². The molecule has 154 valence electrons. The van der Waals surface area contributed by atoms with E-state index in [9.17, 15) is 9.59 Å². The van der Waals surface area contributed by atoms with Crippen LogP contribution in [0.5, 0.6) is 0 Å². The summed E-state index contributed by atoms with van der Waals surface area (Å²) in [6.07, 6.45) is 5.27. The summed E-state index contributed by atoms with van der Waals surface area (Å²) in [5.41, 5.74) is 8.73. The fourth-order valence-corrected chi connectivity index (χ4v) is 7.45. The van der Waals surface area contributed by atoms with Crippen LogP contribution in [0, 0.1) is 23.7 Å². The van der Waals surface area contributed by atoms with Gasteiger partial charge in [-0.2, -0.15) is 0 Å². The quantitative estimate of drug-likeness (QED) is 0.286. The lowest BCUT2D eigenvalue weighted by Crippen LogP contribution is -2.34. The predicted molar refractivity (Wildman–Crippen MR) is 121 cm³/mol. The Kier molecular flexibility index (Phi) is 3.03. The lowest BCUT2D eigenvalue weighted by atomic mass is 9.61. The van der Waals surface area contributed by atoms with Gasteiger partial charge in [-0.05, 0) is 63.8 Å². The summed E-state index contributed by atoms with van der Waals surface area (Å²) >= 11 is 0. The zero-order valence-electron chi connectivity index (χ0n) is 17.4. The molecule has 0 spiro atoms. The SMILES string of the molecule is O=C1[C@@H]2[C@H](C(=O)N1c1ccc3c(c1)C1c4ccccc4C3c3ccccc31)[C@H]1C=C[C@@H]2C1. The Bertz CT molecular complexity index is 1320. The first-order valence-electron chi connectivity index (χ1n) is 11.6. The topological polar surface area (TPSA) is 37.4 Å². The lowest BCUT2D eigenvalue weighted by Gasteiger charge is -2.42. The van der Waals surface area contributed by atoms with Crippen LogP contribution < -0.4 is 4.90 Å². The molecule has 5 aliphatic carbocycles. The van der Waals surface area contributed by atoms with Gasteiger partial charge in [0.25, 0.3) is 0 Å². The van der Waals surface area contributed by atoms with Crippen molar-refractivity contribution in [1.82, 2.24) is 0 Å². The number of anilines is 1. The van der Waals surface area contributed by atoms with Crippen molar-refractivity contribution in [2.75, 3.05) is 4.90 Å². The second-order valence-corrected chi connectivity index (χ2v) is 9.95. The Balaban J connectivity index is 1.29. The summed E-state index contributed by atoms with van der Waals surface area (Å²) in [5.74, 6) is 0.501. The maximum absolute atomic E-state index is 13.4. The van der Waals surface area contributed by atoms with E-state index in [1.165, 1.54) is 38.3 Å². The van der Waals surface area contributed by atoms with E-state index in [-0.39, 0.29) is 47.3 Å². The maximum Gasteiger partial charge on any atom is 0.238 e. The highest BCUT2D eigenvalue weighted by Crippen LogP contribution is 2.57. The number of amides is 2. The van der Waals surface area contributed by atoms with Crippen molar-refractivity contribution in [3.63, 3.8) is 0 Å². The van der Waals surface area contributed by atoms with Crippen molar-refractivity contribution in [3.05, 3.63) is 112 Å². The Morgan fingerprint density at radius 2 is 1.06 bits per heavy atom. The van der Waals surface area contributed by atoms with Crippen LogP contribution in [0.3, 0.4) is 0 Å². The highest BCUT2D eigenvalue weighted by molar-refractivity contribution is 6.22. The minimum absolute atomic E-state index is 0.00132. The van der Waals surface area contributed by atoms with Crippen molar-refractivity contribution in [2.24, 2.45) is 23.7 Å². The molecule has 3 nitrogen and oxygen atoms in total. The first-order valence-corrected chi connectivity index (χ1v) is 11.6. The molecule has 0 unspecified atom stereocenters. The summed E-state index contributed by atoms with van der Waals surface area (Å²) in [6, 6.07) is 23.7. The van der Waals surface area contributed by atoms with E-state index in [1.54, 1.807) is 0 Å². The first-order chi connectivity index (χ1) is 15.7. The van der Waals surface area contributed by atoms with E-state index >= 15 is 0 Å². The number of fused-ring (bicyclic) bond motifs is 5. The van der Waals surface area contributed by atoms with Crippen LogP contribution in [0.4, 0.5) is 5.69 Å². The van der Waals surface area contributed by atoms with Gasteiger partial charge in [0.1, 0.15) is 0 Å². The molecule has 4 bridgehead atoms. The van der Waals surface area contributed by atoms with E-state index in [4.69, 9.17) is 0 Å². The zero-order chi connectivity index (χ0) is 21.1. The largest absolute Gasteiger partial charge is 0.274 e. The Morgan fingerprint density at radius 3 is 1.59 bits per heavy atom. The van der Waals surface area contributed by atoms with Crippen molar-refractivity contribution in [2.45, 2.75) is 18.3 Å². The molecule has 3 aromatic rings. The van der Waals surface area contributed by atoms with Crippen LogP contribution in [0.25, 0.3) is 0 Å². The van der Waals surface area contributed by atoms with E-state index < -0.39 is 0 Å². The van der Waals surface area contributed by atoms with Gasteiger partial charge in [0.05, 0.1) is 17.5 Å². The molecule has 4 atom stereocenters. The summed E-state index contributed by atoms with van der Waals surface area (Å²) in [7, 11) is 0. The summed E-state index contributed by atoms with van der Waals surface area (Å²) in [4.78, 5) is 28.3. The molecule has 0 aromatic heterocycles. The second kappa shape index (κ2) is 5.66. The van der Waals surface area contributed by atoms with Crippen LogP contribution >= 0.6 is 0 Å². The molecule has 9 rings (SSSR count). The Hall–Kier alpha value is -3.46. The first kappa shape index (κ1) is 17.1. The lowest BCUT2D eigenvalue weighted by molar-refractivity contribution is -0.123. The van der Waals surface area contributed by atoms with Crippen molar-refractivity contribution >= 4 is 17.5 Å². The fraction of sp³-hybridized carbons (Fsp3) is 0.241. The molecule has 6 aliphatic rings. The van der Waals surface area contributed by atoms with Crippen molar-refractivity contribution < 1.29 is 9.59 Å². The number of benzene rings is 3. The normalized spacial score (nSPS) is 32.2.